The van der Waals surface area contributed by atoms with Crippen LogP contribution in [0.4, 0.5) is 11.4 Å². The fourth-order valence-electron chi connectivity index (χ4n) is 2.72. The average molecular weight is 382 g/mol. The van der Waals surface area contributed by atoms with Crippen molar-refractivity contribution >= 4 is 40.1 Å². The van der Waals surface area contributed by atoms with E-state index < -0.39 is 5.25 Å². The van der Waals surface area contributed by atoms with Crippen LogP contribution < -0.4 is 10.6 Å². The molecule has 140 valence electrons. The van der Waals surface area contributed by atoms with E-state index in [-0.39, 0.29) is 18.2 Å². The van der Waals surface area contributed by atoms with Crippen LogP contribution in [0.3, 0.4) is 0 Å². The number of carbonyl (C=O) groups is 2. The van der Waals surface area contributed by atoms with Gasteiger partial charge in [-0.3, -0.25) is 9.59 Å². The highest BCUT2D eigenvalue weighted by Crippen LogP contribution is 2.27. The summed E-state index contributed by atoms with van der Waals surface area (Å²) in [5.74, 6) is 0.144. The molecule has 2 atom stereocenters. The molecule has 3 rings (SSSR count). The number of hydrogen-bond donors (Lipinski definition) is 2. The molecule has 2 aromatic rings. The molecule has 0 unspecified atom stereocenters. The van der Waals surface area contributed by atoms with Gasteiger partial charge in [0.05, 0.1) is 5.69 Å². The predicted molar refractivity (Wildman–Crippen MR) is 111 cm³/mol. The first-order chi connectivity index (χ1) is 13.0. The molecule has 6 heteroatoms. The number of anilines is 1. The van der Waals surface area contributed by atoms with Gasteiger partial charge in [0.25, 0.3) is 0 Å². The zero-order valence-electron chi connectivity index (χ0n) is 15.4. The van der Waals surface area contributed by atoms with E-state index in [1.165, 1.54) is 17.3 Å². The van der Waals surface area contributed by atoms with Crippen LogP contribution in [0.5, 0.6) is 0 Å². The predicted octanol–water partition coefficient (Wildman–Crippen LogP) is 4.45. The number of nitrogens with zero attached hydrogens (tertiary/aromatic N) is 1. The first-order valence-electron chi connectivity index (χ1n) is 9.06. The number of aliphatic imine (C=N–C) groups is 1. The van der Waals surface area contributed by atoms with Gasteiger partial charge in [-0.1, -0.05) is 55.9 Å². The van der Waals surface area contributed by atoms with Crippen molar-refractivity contribution in [3.8, 4) is 0 Å². The van der Waals surface area contributed by atoms with E-state index >= 15 is 0 Å². The first-order valence-corrected chi connectivity index (χ1v) is 9.94. The second-order valence-electron chi connectivity index (χ2n) is 6.53. The molecule has 2 N–H and O–H groups in total. The van der Waals surface area contributed by atoms with Crippen LogP contribution in [0.2, 0.25) is 0 Å². The summed E-state index contributed by atoms with van der Waals surface area (Å²) >= 11 is 1.30. The van der Waals surface area contributed by atoms with Crippen LogP contribution in [-0.4, -0.2) is 22.2 Å². The summed E-state index contributed by atoms with van der Waals surface area (Å²) in [7, 11) is 0. The lowest BCUT2D eigenvalue weighted by atomic mass is 9.99. The average Bonchev–Trinajstić information content (AvgIpc) is 3.01. The number of amidine groups is 1. The lowest BCUT2D eigenvalue weighted by molar-refractivity contribution is -0.122. The molecule has 2 aromatic carbocycles. The van der Waals surface area contributed by atoms with E-state index in [1.54, 1.807) is 0 Å². The number of nitrogens with one attached hydrogen (secondary N) is 2. The Morgan fingerprint density at radius 3 is 2.56 bits per heavy atom. The van der Waals surface area contributed by atoms with Crippen LogP contribution in [-0.2, 0) is 9.59 Å². The Hall–Kier alpha value is -2.60. The maximum atomic E-state index is 12.2. The van der Waals surface area contributed by atoms with Crippen molar-refractivity contribution in [2.45, 2.75) is 37.9 Å². The van der Waals surface area contributed by atoms with E-state index in [2.05, 4.69) is 41.6 Å². The Labute approximate surface area is 163 Å². The first kappa shape index (κ1) is 19.2. The standard InChI is InChI=1S/C21H23N3O2S/c1-3-14(2)15-9-11-17(12-10-15)23-21-24-20(26)18(27-21)13-19(25)22-16-7-5-4-6-8-16/h4-12,14,18H,3,13H2,1-2H3,(H,22,25)(H,23,24,26)/t14-,18+/m1/s1. The van der Waals surface area contributed by atoms with Crippen LogP contribution in [0.1, 0.15) is 38.2 Å². The van der Waals surface area contributed by atoms with Crippen molar-refractivity contribution in [1.82, 2.24) is 5.32 Å². The Morgan fingerprint density at radius 2 is 1.89 bits per heavy atom. The number of rotatable bonds is 6. The van der Waals surface area contributed by atoms with Gasteiger partial charge in [-0.15, -0.1) is 0 Å². The molecule has 0 spiro atoms. The molecule has 5 nitrogen and oxygen atoms in total. The number of hydrogen-bond acceptors (Lipinski definition) is 4. The lowest BCUT2D eigenvalue weighted by Crippen LogP contribution is -2.28. The van der Waals surface area contributed by atoms with Gasteiger partial charge >= 0.3 is 0 Å². The van der Waals surface area contributed by atoms with Crippen molar-refractivity contribution in [2.75, 3.05) is 5.32 Å². The summed E-state index contributed by atoms with van der Waals surface area (Å²) in [6, 6.07) is 17.3. The van der Waals surface area contributed by atoms with Crippen molar-refractivity contribution in [2.24, 2.45) is 4.99 Å². The van der Waals surface area contributed by atoms with Gasteiger partial charge in [-0.05, 0) is 42.2 Å². The summed E-state index contributed by atoms with van der Waals surface area (Å²) in [5.41, 5.74) is 2.79. The molecule has 2 amide bonds. The minimum atomic E-state index is -0.466. The number of thioether (sulfide) groups is 1. The summed E-state index contributed by atoms with van der Waals surface area (Å²) in [5, 5.41) is 5.64. The number of benzene rings is 2. The second-order valence-corrected chi connectivity index (χ2v) is 7.72. The van der Waals surface area contributed by atoms with Crippen molar-refractivity contribution in [1.29, 1.82) is 0 Å². The van der Waals surface area contributed by atoms with Gasteiger partial charge in [-0.2, -0.15) is 0 Å². The van der Waals surface area contributed by atoms with Crippen molar-refractivity contribution < 1.29 is 9.59 Å². The van der Waals surface area contributed by atoms with Gasteiger partial charge in [0, 0.05) is 12.1 Å². The fourth-order valence-corrected chi connectivity index (χ4v) is 3.71. The zero-order valence-corrected chi connectivity index (χ0v) is 16.3. The van der Waals surface area contributed by atoms with Crippen molar-refractivity contribution in [3.05, 3.63) is 60.2 Å². The Kier molecular flexibility index (Phi) is 6.29. The van der Waals surface area contributed by atoms with Gasteiger partial charge in [0.2, 0.25) is 11.8 Å². The Balaban J connectivity index is 1.59. The molecular weight excluding hydrogens is 358 g/mol. The van der Waals surface area contributed by atoms with E-state index in [1.807, 2.05) is 42.5 Å². The molecule has 0 radical (unpaired) electrons. The van der Waals surface area contributed by atoms with E-state index in [0.29, 0.717) is 11.1 Å². The molecule has 1 aliphatic heterocycles. The molecule has 27 heavy (non-hydrogen) atoms. The summed E-state index contributed by atoms with van der Waals surface area (Å²) in [6.07, 6.45) is 1.20. The highest BCUT2D eigenvalue weighted by Gasteiger charge is 2.32. The number of carbonyl (C=O) groups excluding carboxylic acids is 2. The third-order valence-electron chi connectivity index (χ3n) is 4.51. The fraction of sp³-hybridized carbons (Fsp3) is 0.286. The minimum absolute atomic E-state index is 0.108. The summed E-state index contributed by atoms with van der Waals surface area (Å²) in [6.45, 7) is 4.36. The monoisotopic (exact) mass is 381 g/mol. The third-order valence-corrected chi connectivity index (χ3v) is 5.59. The molecule has 1 fully saturated rings. The molecule has 0 bridgehead atoms. The van der Waals surface area contributed by atoms with Gasteiger partial charge in [-0.25, -0.2) is 4.99 Å². The van der Waals surface area contributed by atoms with E-state index in [0.717, 1.165) is 17.8 Å². The maximum Gasteiger partial charge on any atom is 0.240 e. The molecule has 0 saturated carbocycles. The smallest absolute Gasteiger partial charge is 0.240 e. The van der Waals surface area contributed by atoms with Gasteiger partial charge < -0.3 is 10.6 Å². The van der Waals surface area contributed by atoms with Gasteiger partial charge in [0.15, 0.2) is 5.17 Å². The Morgan fingerprint density at radius 1 is 1.19 bits per heavy atom. The quantitative estimate of drug-likeness (QED) is 0.777. The minimum Gasteiger partial charge on any atom is -0.326 e. The number of amides is 2. The topological polar surface area (TPSA) is 70.6 Å². The van der Waals surface area contributed by atoms with Crippen LogP contribution in [0.25, 0.3) is 0 Å². The maximum absolute atomic E-state index is 12.2. The van der Waals surface area contributed by atoms with Crippen LogP contribution in [0.15, 0.2) is 59.6 Å². The second kappa shape index (κ2) is 8.86. The molecule has 1 saturated heterocycles. The zero-order chi connectivity index (χ0) is 19.2. The van der Waals surface area contributed by atoms with Gasteiger partial charge in [0.1, 0.15) is 5.25 Å². The van der Waals surface area contributed by atoms with Crippen molar-refractivity contribution in [3.63, 3.8) is 0 Å². The largest absolute Gasteiger partial charge is 0.326 e. The highest BCUT2D eigenvalue weighted by molar-refractivity contribution is 8.15. The molecule has 1 aliphatic rings. The molecular formula is C21H23N3O2S. The summed E-state index contributed by atoms with van der Waals surface area (Å²) < 4.78 is 0. The highest BCUT2D eigenvalue weighted by atomic mass is 32.2. The molecule has 0 aliphatic carbocycles. The number of para-hydroxylation sites is 1. The summed E-state index contributed by atoms with van der Waals surface area (Å²) in [4.78, 5) is 28.8. The van der Waals surface area contributed by atoms with Crippen LogP contribution >= 0.6 is 11.8 Å². The normalized spacial score (nSPS) is 19.0. The lowest BCUT2D eigenvalue weighted by Gasteiger charge is -2.08. The van der Waals surface area contributed by atoms with E-state index in [9.17, 15) is 9.59 Å². The Bertz CT molecular complexity index is 834. The van der Waals surface area contributed by atoms with Crippen LogP contribution in [0, 0.1) is 0 Å². The third kappa shape index (κ3) is 5.20. The molecule has 1 heterocycles. The SMILES string of the molecule is CC[C@@H](C)c1ccc(N=C2NC(=O)[C@H](CC(=O)Nc3ccccc3)S2)cc1. The molecule has 0 aromatic heterocycles. The van der Waals surface area contributed by atoms with E-state index in [4.69, 9.17) is 0 Å².